The molecular formula is C29H32N4O4. The molecule has 2 N–H and O–H groups in total. The Morgan fingerprint density at radius 2 is 1.81 bits per heavy atom. The predicted molar refractivity (Wildman–Crippen MR) is 144 cm³/mol. The number of fused-ring (bicyclic) bond motifs is 2. The number of carbonyl (C=O) groups is 1. The standard InChI is InChI=1S/C29H32N4O4/c1-19(34)32-9-7-22(8-10-32)30-23-5-6-27-21(16-23)15-20-3-2-4-25(29(20)37-27)26-17-24(18-28(35)31-26)33-11-13-36-14-12-33/h2-6,16-18,22,30H,7-15H2,1H3,(H,31,35). The normalized spacial score (nSPS) is 17.5. The zero-order chi connectivity index (χ0) is 25.4. The highest BCUT2D eigenvalue weighted by atomic mass is 16.5. The minimum Gasteiger partial charge on any atom is -0.456 e. The van der Waals surface area contributed by atoms with Gasteiger partial charge in [-0.05, 0) is 48.7 Å². The van der Waals surface area contributed by atoms with Gasteiger partial charge in [0.1, 0.15) is 11.5 Å². The Balaban J connectivity index is 1.23. The number of pyridine rings is 1. The zero-order valence-corrected chi connectivity index (χ0v) is 21.1. The number of likely N-dealkylation sites (tertiary alicyclic amines) is 1. The molecule has 0 saturated carbocycles. The summed E-state index contributed by atoms with van der Waals surface area (Å²) in [6.07, 6.45) is 2.65. The highest BCUT2D eigenvalue weighted by Gasteiger charge is 2.24. The quantitative estimate of drug-likeness (QED) is 0.441. The molecule has 6 rings (SSSR count). The SMILES string of the molecule is CC(=O)N1CCC(Nc2ccc3c(c2)Cc2cccc(-c4cc(N5CCOCC5)cc(=O)[nH]4)c2O3)CC1. The van der Waals surface area contributed by atoms with Gasteiger partial charge in [0.15, 0.2) is 0 Å². The number of ether oxygens (including phenoxy) is 2. The number of nitrogens with one attached hydrogen (secondary N) is 2. The number of H-pyrrole nitrogens is 1. The molecule has 0 spiro atoms. The van der Waals surface area contributed by atoms with Crippen LogP contribution in [-0.2, 0) is 16.0 Å². The van der Waals surface area contributed by atoms with E-state index >= 15 is 0 Å². The molecule has 0 aliphatic carbocycles. The van der Waals surface area contributed by atoms with Gasteiger partial charge in [0.25, 0.3) is 0 Å². The lowest BCUT2D eigenvalue weighted by Gasteiger charge is -2.32. The summed E-state index contributed by atoms with van der Waals surface area (Å²) in [6, 6.07) is 16.4. The number of aromatic amines is 1. The van der Waals surface area contributed by atoms with Gasteiger partial charge in [0.05, 0.1) is 18.9 Å². The summed E-state index contributed by atoms with van der Waals surface area (Å²) >= 11 is 0. The number of hydrogen-bond acceptors (Lipinski definition) is 6. The van der Waals surface area contributed by atoms with Crippen molar-refractivity contribution in [2.45, 2.75) is 32.2 Å². The molecule has 1 aromatic heterocycles. The fourth-order valence-corrected chi connectivity index (χ4v) is 5.53. The van der Waals surface area contributed by atoms with Gasteiger partial charge in [-0.15, -0.1) is 0 Å². The van der Waals surface area contributed by atoms with Gasteiger partial charge >= 0.3 is 0 Å². The van der Waals surface area contributed by atoms with E-state index in [0.717, 1.165) is 90.7 Å². The van der Waals surface area contributed by atoms with Crippen molar-refractivity contribution >= 4 is 17.3 Å². The van der Waals surface area contributed by atoms with Crippen LogP contribution < -0.4 is 20.5 Å². The molecule has 37 heavy (non-hydrogen) atoms. The summed E-state index contributed by atoms with van der Waals surface area (Å²) in [5.41, 5.74) is 5.71. The first-order valence-corrected chi connectivity index (χ1v) is 13.1. The molecule has 1 amide bonds. The molecule has 3 aliphatic heterocycles. The molecule has 2 fully saturated rings. The molecule has 8 nitrogen and oxygen atoms in total. The first-order chi connectivity index (χ1) is 18.0. The summed E-state index contributed by atoms with van der Waals surface area (Å²) in [6.45, 7) is 6.10. The molecule has 4 heterocycles. The van der Waals surface area contributed by atoms with Gasteiger partial charge in [-0.1, -0.05) is 12.1 Å². The third kappa shape index (κ3) is 4.93. The molecular weight excluding hydrogens is 468 g/mol. The molecule has 0 bridgehead atoms. The second kappa shape index (κ2) is 9.94. The Morgan fingerprint density at radius 1 is 1.00 bits per heavy atom. The van der Waals surface area contributed by atoms with E-state index in [4.69, 9.17) is 9.47 Å². The molecule has 2 saturated heterocycles. The van der Waals surface area contributed by atoms with Crippen LogP contribution in [0.2, 0.25) is 0 Å². The third-order valence-electron chi connectivity index (χ3n) is 7.56. The zero-order valence-electron chi connectivity index (χ0n) is 21.1. The van der Waals surface area contributed by atoms with Crippen LogP contribution in [0.3, 0.4) is 0 Å². The first-order valence-electron chi connectivity index (χ1n) is 13.1. The second-order valence-electron chi connectivity index (χ2n) is 10.0. The minimum atomic E-state index is -0.127. The van der Waals surface area contributed by atoms with Crippen molar-refractivity contribution in [1.82, 2.24) is 9.88 Å². The molecule has 3 aromatic rings. The van der Waals surface area contributed by atoms with Crippen LogP contribution in [0.1, 0.15) is 30.9 Å². The van der Waals surface area contributed by atoms with Crippen molar-refractivity contribution < 1.29 is 14.3 Å². The molecule has 0 unspecified atom stereocenters. The van der Waals surface area contributed by atoms with E-state index < -0.39 is 0 Å². The van der Waals surface area contributed by atoms with E-state index in [1.165, 1.54) is 0 Å². The monoisotopic (exact) mass is 500 g/mol. The van der Waals surface area contributed by atoms with Crippen LogP contribution in [0, 0.1) is 0 Å². The third-order valence-corrected chi connectivity index (χ3v) is 7.56. The van der Waals surface area contributed by atoms with E-state index in [9.17, 15) is 9.59 Å². The number of morpholine rings is 1. The second-order valence-corrected chi connectivity index (χ2v) is 10.0. The summed E-state index contributed by atoms with van der Waals surface area (Å²) in [7, 11) is 0. The number of amides is 1. The maximum absolute atomic E-state index is 12.6. The summed E-state index contributed by atoms with van der Waals surface area (Å²) in [4.78, 5) is 31.3. The number of rotatable bonds is 4. The molecule has 0 radical (unpaired) electrons. The Morgan fingerprint density at radius 3 is 2.59 bits per heavy atom. The lowest BCUT2D eigenvalue weighted by molar-refractivity contribution is -0.129. The Labute approximate surface area is 216 Å². The smallest absolute Gasteiger partial charge is 0.250 e. The molecule has 2 aromatic carbocycles. The lowest BCUT2D eigenvalue weighted by Crippen LogP contribution is -2.41. The maximum Gasteiger partial charge on any atom is 0.250 e. The van der Waals surface area contributed by atoms with Crippen LogP contribution in [-0.4, -0.2) is 61.2 Å². The number of carbonyl (C=O) groups excluding carboxylic acids is 1. The fourth-order valence-electron chi connectivity index (χ4n) is 5.53. The van der Waals surface area contributed by atoms with Gasteiger partial charge in [-0.3, -0.25) is 9.59 Å². The van der Waals surface area contributed by atoms with E-state index in [1.807, 2.05) is 29.2 Å². The average Bonchev–Trinajstić information content (AvgIpc) is 2.92. The fraction of sp³-hybridized carbons (Fsp3) is 0.379. The lowest BCUT2D eigenvalue weighted by atomic mass is 9.96. The van der Waals surface area contributed by atoms with E-state index in [0.29, 0.717) is 19.3 Å². The highest BCUT2D eigenvalue weighted by Crippen LogP contribution is 2.43. The van der Waals surface area contributed by atoms with Crippen LogP contribution in [0.25, 0.3) is 11.3 Å². The van der Waals surface area contributed by atoms with Crippen molar-refractivity contribution in [1.29, 1.82) is 0 Å². The van der Waals surface area contributed by atoms with Crippen LogP contribution >= 0.6 is 0 Å². The summed E-state index contributed by atoms with van der Waals surface area (Å²) in [5.74, 6) is 1.78. The van der Waals surface area contributed by atoms with Crippen molar-refractivity contribution in [3.05, 3.63) is 70.0 Å². The maximum atomic E-state index is 12.6. The number of piperidine rings is 1. The Bertz CT molecular complexity index is 1370. The highest BCUT2D eigenvalue weighted by molar-refractivity contribution is 5.75. The van der Waals surface area contributed by atoms with Gasteiger partial charge < -0.3 is 29.6 Å². The van der Waals surface area contributed by atoms with Crippen molar-refractivity contribution in [3.63, 3.8) is 0 Å². The average molecular weight is 501 g/mol. The van der Waals surface area contributed by atoms with Crippen LogP contribution in [0.5, 0.6) is 11.5 Å². The van der Waals surface area contributed by atoms with Gasteiger partial charge in [0.2, 0.25) is 11.5 Å². The largest absolute Gasteiger partial charge is 0.456 e. The number of para-hydroxylation sites is 1. The van der Waals surface area contributed by atoms with E-state index in [-0.39, 0.29) is 11.5 Å². The molecule has 0 atom stereocenters. The number of hydrogen-bond donors (Lipinski definition) is 2. The Hall–Kier alpha value is -3.78. The number of nitrogens with zero attached hydrogens (tertiary/aromatic N) is 2. The van der Waals surface area contributed by atoms with Crippen molar-refractivity contribution in [3.8, 4) is 22.8 Å². The number of aromatic nitrogens is 1. The van der Waals surface area contributed by atoms with E-state index in [1.54, 1.807) is 13.0 Å². The summed E-state index contributed by atoms with van der Waals surface area (Å²) < 4.78 is 11.9. The molecule has 192 valence electrons. The van der Waals surface area contributed by atoms with Crippen LogP contribution in [0.4, 0.5) is 11.4 Å². The topological polar surface area (TPSA) is 86.9 Å². The predicted octanol–water partition coefficient (Wildman–Crippen LogP) is 4.00. The Kier molecular flexibility index (Phi) is 6.34. The van der Waals surface area contributed by atoms with Gasteiger partial charge in [0, 0.05) is 74.1 Å². The van der Waals surface area contributed by atoms with Crippen LogP contribution in [0.15, 0.2) is 53.3 Å². The van der Waals surface area contributed by atoms with Gasteiger partial charge in [-0.25, -0.2) is 0 Å². The molecule has 3 aliphatic rings. The first kappa shape index (κ1) is 23.6. The van der Waals surface area contributed by atoms with E-state index in [2.05, 4.69) is 33.4 Å². The summed E-state index contributed by atoms with van der Waals surface area (Å²) in [5, 5.41) is 3.65. The van der Waals surface area contributed by atoms with Crippen molar-refractivity contribution in [2.75, 3.05) is 49.6 Å². The minimum absolute atomic E-state index is 0.127. The van der Waals surface area contributed by atoms with Gasteiger partial charge in [-0.2, -0.15) is 0 Å². The number of benzene rings is 2. The number of anilines is 2. The molecule has 8 heteroatoms. The van der Waals surface area contributed by atoms with Crippen molar-refractivity contribution in [2.24, 2.45) is 0 Å².